The molecule has 1 amide bonds. The van der Waals surface area contributed by atoms with Gasteiger partial charge in [-0.25, -0.2) is 8.78 Å². The molecule has 2 aromatic rings. The van der Waals surface area contributed by atoms with Crippen LogP contribution in [0.1, 0.15) is 24.1 Å². The van der Waals surface area contributed by atoms with E-state index in [0.717, 1.165) is 5.69 Å². The molecule has 0 aliphatic carbocycles. The first-order valence-electron chi connectivity index (χ1n) is 8.99. The van der Waals surface area contributed by atoms with Crippen LogP contribution in [0.4, 0.5) is 14.5 Å². The maximum absolute atomic E-state index is 14.1. The van der Waals surface area contributed by atoms with Gasteiger partial charge < -0.3 is 15.0 Å². The molecule has 28 heavy (non-hydrogen) atoms. The van der Waals surface area contributed by atoms with E-state index in [2.05, 4.69) is 10.2 Å². The van der Waals surface area contributed by atoms with Gasteiger partial charge >= 0.3 is 0 Å². The lowest BCUT2D eigenvalue weighted by molar-refractivity contribution is -0.117. The van der Waals surface area contributed by atoms with Crippen LogP contribution in [0.25, 0.3) is 6.08 Å². The Hall–Kier alpha value is -2.44. The molecule has 1 heterocycles. The number of nitrogens with one attached hydrogen (secondary N) is 1. The molecule has 3 rings (SSSR count). The zero-order chi connectivity index (χ0) is 20.1. The van der Waals surface area contributed by atoms with Crippen molar-refractivity contribution in [3.63, 3.8) is 0 Å². The zero-order valence-corrected chi connectivity index (χ0v) is 16.2. The normalized spacial score (nSPS) is 15.6. The summed E-state index contributed by atoms with van der Waals surface area (Å²) in [5.41, 5.74) is 1.97. The summed E-state index contributed by atoms with van der Waals surface area (Å²) in [6.45, 7) is 4.40. The molecule has 1 aliphatic rings. The molecule has 4 nitrogen and oxygen atoms in total. The number of carbonyl (C=O) groups excluding carboxylic acids is 1. The SMILES string of the molecule is CC(NC(=O)/C=C/c1ccc(F)cc1Cl)c1cc(F)cc(N2CCOCC2)c1. The molecule has 1 saturated heterocycles. The van der Waals surface area contributed by atoms with Gasteiger partial charge in [0, 0.05) is 24.9 Å². The van der Waals surface area contributed by atoms with Crippen LogP contribution in [0.2, 0.25) is 5.02 Å². The van der Waals surface area contributed by atoms with Crippen LogP contribution in [0.15, 0.2) is 42.5 Å². The largest absolute Gasteiger partial charge is 0.378 e. The van der Waals surface area contributed by atoms with Crippen molar-refractivity contribution in [3.05, 3.63) is 70.3 Å². The number of rotatable bonds is 5. The van der Waals surface area contributed by atoms with Crippen molar-refractivity contribution in [1.29, 1.82) is 0 Å². The molecule has 0 saturated carbocycles. The van der Waals surface area contributed by atoms with E-state index >= 15 is 0 Å². The fraction of sp³-hybridized carbons (Fsp3) is 0.286. The van der Waals surface area contributed by atoms with Gasteiger partial charge in [0.25, 0.3) is 0 Å². The average molecular weight is 407 g/mol. The van der Waals surface area contributed by atoms with Crippen molar-refractivity contribution >= 4 is 29.3 Å². The number of amides is 1. The van der Waals surface area contributed by atoms with Gasteiger partial charge in [0.15, 0.2) is 0 Å². The Labute approximate surface area is 167 Å². The molecule has 0 aromatic heterocycles. The fourth-order valence-corrected chi connectivity index (χ4v) is 3.23. The van der Waals surface area contributed by atoms with Crippen LogP contribution < -0.4 is 10.2 Å². The molecular weight excluding hydrogens is 386 g/mol. The van der Waals surface area contributed by atoms with Gasteiger partial charge in [0.05, 0.1) is 24.3 Å². The lowest BCUT2D eigenvalue weighted by Gasteiger charge is -2.29. The Kier molecular flexibility index (Phi) is 6.65. The highest BCUT2D eigenvalue weighted by Crippen LogP contribution is 2.24. The molecule has 1 aliphatic heterocycles. The van der Waals surface area contributed by atoms with E-state index in [1.54, 1.807) is 6.92 Å². The molecule has 0 radical (unpaired) electrons. The smallest absolute Gasteiger partial charge is 0.244 e. The van der Waals surface area contributed by atoms with E-state index in [-0.39, 0.29) is 16.7 Å². The minimum absolute atomic E-state index is 0.220. The van der Waals surface area contributed by atoms with Gasteiger partial charge in [-0.1, -0.05) is 17.7 Å². The second-order valence-corrected chi connectivity index (χ2v) is 6.98. The Morgan fingerprint density at radius 1 is 1.18 bits per heavy atom. The molecule has 7 heteroatoms. The third kappa shape index (κ3) is 5.30. The Balaban J connectivity index is 1.68. The third-order valence-corrected chi connectivity index (χ3v) is 4.84. The van der Waals surface area contributed by atoms with Gasteiger partial charge in [-0.05, 0) is 54.5 Å². The number of nitrogens with zero attached hydrogens (tertiary/aromatic N) is 1. The van der Waals surface area contributed by atoms with Gasteiger partial charge in [0.2, 0.25) is 5.91 Å². The van der Waals surface area contributed by atoms with E-state index in [0.29, 0.717) is 37.4 Å². The maximum Gasteiger partial charge on any atom is 0.244 e. The van der Waals surface area contributed by atoms with Crippen molar-refractivity contribution < 1.29 is 18.3 Å². The highest BCUT2D eigenvalue weighted by atomic mass is 35.5. The van der Waals surface area contributed by atoms with E-state index in [1.165, 1.54) is 42.5 Å². The lowest BCUT2D eigenvalue weighted by atomic mass is 10.1. The quantitative estimate of drug-likeness (QED) is 0.751. The molecule has 1 atom stereocenters. The monoisotopic (exact) mass is 406 g/mol. The van der Waals surface area contributed by atoms with Crippen LogP contribution in [0.3, 0.4) is 0 Å². The predicted octanol–water partition coefficient (Wildman–Crippen LogP) is 4.35. The summed E-state index contributed by atoms with van der Waals surface area (Å²) in [5, 5.41) is 3.02. The van der Waals surface area contributed by atoms with Crippen molar-refractivity contribution in [2.24, 2.45) is 0 Å². The Morgan fingerprint density at radius 3 is 2.64 bits per heavy atom. The maximum atomic E-state index is 14.1. The third-order valence-electron chi connectivity index (χ3n) is 4.52. The second kappa shape index (κ2) is 9.17. The molecular formula is C21H21ClF2N2O2. The van der Waals surface area contributed by atoms with Gasteiger partial charge in [0.1, 0.15) is 11.6 Å². The molecule has 1 N–H and O–H groups in total. The van der Waals surface area contributed by atoms with Gasteiger partial charge in [-0.2, -0.15) is 0 Å². The van der Waals surface area contributed by atoms with Crippen molar-refractivity contribution in [1.82, 2.24) is 5.32 Å². The Morgan fingerprint density at radius 2 is 1.93 bits per heavy atom. The predicted molar refractivity (Wildman–Crippen MR) is 106 cm³/mol. The summed E-state index contributed by atoms with van der Waals surface area (Å²) in [6, 6.07) is 8.32. The summed E-state index contributed by atoms with van der Waals surface area (Å²) >= 11 is 5.95. The minimum atomic E-state index is -0.442. The number of benzene rings is 2. The van der Waals surface area contributed by atoms with Gasteiger partial charge in [-0.3, -0.25) is 4.79 Å². The number of hydrogen-bond donors (Lipinski definition) is 1. The molecule has 0 bridgehead atoms. The molecule has 1 unspecified atom stereocenters. The van der Waals surface area contributed by atoms with Crippen molar-refractivity contribution in [2.75, 3.05) is 31.2 Å². The average Bonchev–Trinajstić information content (AvgIpc) is 2.67. The topological polar surface area (TPSA) is 41.6 Å². The number of ether oxygens (including phenoxy) is 1. The van der Waals surface area contributed by atoms with Crippen LogP contribution in [-0.4, -0.2) is 32.2 Å². The number of morpholine rings is 1. The minimum Gasteiger partial charge on any atom is -0.378 e. The van der Waals surface area contributed by atoms with E-state index in [4.69, 9.17) is 16.3 Å². The lowest BCUT2D eigenvalue weighted by Crippen LogP contribution is -2.36. The first-order valence-corrected chi connectivity index (χ1v) is 9.37. The van der Waals surface area contributed by atoms with Crippen molar-refractivity contribution in [2.45, 2.75) is 13.0 Å². The molecule has 2 aromatic carbocycles. The summed E-state index contributed by atoms with van der Waals surface area (Å²) < 4.78 is 32.5. The summed E-state index contributed by atoms with van der Waals surface area (Å²) in [4.78, 5) is 14.3. The van der Waals surface area contributed by atoms with Gasteiger partial charge in [-0.15, -0.1) is 0 Å². The standard InChI is InChI=1S/C21H21ClF2N2O2/c1-14(25-21(27)5-3-15-2-4-17(23)13-20(15)22)16-10-18(24)12-19(11-16)26-6-8-28-9-7-26/h2-5,10-14H,6-9H2,1H3,(H,25,27)/b5-3+. The first kappa shape index (κ1) is 20.3. The van der Waals surface area contributed by atoms with E-state index in [9.17, 15) is 13.6 Å². The van der Waals surface area contributed by atoms with Crippen LogP contribution in [-0.2, 0) is 9.53 Å². The van der Waals surface area contributed by atoms with Crippen LogP contribution in [0.5, 0.6) is 0 Å². The van der Waals surface area contributed by atoms with Crippen LogP contribution in [0, 0.1) is 11.6 Å². The number of anilines is 1. The Bertz CT molecular complexity index is 883. The highest BCUT2D eigenvalue weighted by Gasteiger charge is 2.16. The fourth-order valence-electron chi connectivity index (χ4n) is 3.00. The number of carbonyl (C=O) groups is 1. The number of halogens is 3. The molecule has 148 valence electrons. The van der Waals surface area contributed by atoms with E-state index in [1.807, 2.05) is 6.07 Å². The number of hydrogen-bond acceptors (Lipinski definition) is 3. The summed E-state index contributed by atoms with van der Waals surface area (Å²) in [6.07, 6.45) is 2.83. The van der Waals surface area contributed by atoms with Crippen LogP contribution >= 0.6 is 11.6 Å². The highest BCUT2D eigenvalue weighted by molar-refractivity contribution is 6.32. The van der Waals surface area contributed by atoms with E-state index < -0.39 is 11.9 Å². The second-order valence-electron chi connectivity index (χ2n) is 6.57. The first-order chi connectivity index (χ1) is 13.4. The molecule has 1 fully saturated rings. The summed E-state index contributed by atoms with van der Waals surface area (Å²) in [5.74, 6) is -1.15. The summed E-state index contributed by atoms with van der Waals surface area (Å²) in [7, 11) is 0. The zero-order valence-electron chi connectivity index (χ0n) is 15.4. The molecule has 0 spiro atoms. The van der Waals surface area contributed by atoms with Crippen molar-refractivity contribution in [3.8, 4) is 0 Å².